The number of hydrogen-bond acceptors (Lipinski definition) is 5. The molecule has 2 heterocycles. The van der Waals surface area contributed by atoms with Gasteiger partial charge in [-0.1, -0.05) is 11.6 Å². The van der Waals surface area contributed by atoms with E-state index in [-0.39, 0.29) is 12.5 Å². The minimum atomic E-state index is -0.0107. The van der Waals surface area contributed by atoms with E-state index in [1.54, 1.807) is 30.6 Å². The lowest BCUT2D eigenvalue weighted by molar-refractivity contribution is -0.133. The summed E-state index contributed by atoms with van der Waals surface area (Å²) in [6, 6.07) is 8.95. The molecule has 1 aliphatic rings. The number of carbonyl (C=O) groups is 1. The molecule has 1 aromatic heterocycles. The third-order valence-corrected chi connectivity index (χ3v) is 4.17. The van der Waals surface area contributed by atoms with Crippen molar-refractivity contribution in [3.63, 3.8) is 0 Å². The summed E-state index contributed by atoms with van der Waals surface area (Å²) in [5.41, 5.74) is 0.940. The van der Waals surface area contributed by atoms with Gasteiger partial charge in [-0.15, -0.1) is 0 Å². The Morgan fingerprint density at radius 3 is 2.54 bits per heavy atom. The number of nitrogens with zero attached hydrogens (tertiary/aromatic N) is 4. The van der Waals surface area contributed by atoms with Crippen LogP contribution in [-0.2, 0) is 4.79 Å². The summed E-state index contributed by atoms with van der Waals surface area (Å²) in [4.78, 5) is 24.7. The van der Waals surface area contributed by atoms with Crippen LogP contribution in [0.4, 0.5) is 5.82 Å². The van der Waals surface area contributed by atoms with E-state index in [1.807, 2.05) is 17.9 Å². The Balaban J connectivity index is 1.49. The normalized spacial score (nSPS) is 14.6. The number of benzene rings is 1. The molecule has 2 aromatic rings. The minimum Gasteiger partial charge on any atom is -0.484 e. The number of amides is 1. The highest BCUT2D eigenvalue weighted by atomic mass is 35.5. The van der Waals surface area contributed by atoms with Crippen LogP contribution in [0.15, 0.2) is 36.7 Å². The number of aryl methyl sites for hydroxylation is 1. The molecule has 7 heteroatoms. The summed E-state index contributed by atoms with van der Waals surface area (Å²) in [5.74, 6) is 1.54. The molecule has 0 spiro atoms. The molecule has 1 amide bonds. The van der Waals surface area contributed by atoms with Gasteiger partial charge in [0, 0.05) is 43.0 Å². The van der Waals surface area contributed by atoms with E-state index in [9.17, 15) is 4.79 Å². The average Bonchev–Trinajstić information content (AvgIpc) is 2.61. The molecule has 1 saturated heterocycles. The molecule has 0 aliphatic carbocycles. The Labute approximate surface area is 146 Å². The third kappa shape index (κ3) is 4.14. The first-order valence-electron chi connectivity index (χ1n) is 7.81. The van der Waals surface area contributed by atoms with E-state index in [1.165, 1.54) is 0 Å². The maximum absolute atomic E-state index is 12.3. The van der Waals surface area contributed by atoms with Crippen molar-refractivity contribution in [2.75, 3.05) is 37.7 Å². The standard InChI is InChI=1S/C17H19ClN4O2/c1-13-10-16(20-12-19-13)21-6-8-22(9-7-21)17(23)11-24-15-4-2-14(18)3-5-15/h2-5,10,12H,6-9,11H2,1H3. The lowest BCUT2D eigenvalue weighted by Gasteiger charge is -2.35. The van der Waals surface area contributed by atoms with Gasteiger partial charge in [-0.05, 0) is 31.2 Å². The van der Waals surface area contributed by atoms with E-state index in [4.69, 9.17) is 16.3 Å². The SMILES string of the molecule is Cc1cc(N2CCN(C(=O)COc3ccc(Cl)cc3)CC2)ncn1. The molecule has 0 bridgehead atoms. The zero-order valence-corrected chi connectivity index (χ0v) is 14.2. The Bertz CT molecular complexity index is 700. The Morgan fingerprint density at radius 2 is 1.88 bits per heavy atom. The monoisotopic (exact) mass is 346 g/mol. The van der Waals surface area contributed by atoms with Gasteiger partial charge in [-0.2, -0.15) is 0 Å². The van der Waals surface area contributed by atoms with Gasteiger partial charge in [0.1, 0.15) is 17.9 Å². The predicted molar refractivity (Wildman–Crippen MR) is 92.5 cm³/mol. The molecule has 24 heavy (non-hydrogen) atoms. The fourth-order valence-electron chi connectivity index (χ4n) is 2.57. The van der Waals surface area contributed by atoms with Crippen LogP contribution in [0.2, 0.25) is 5.02 Å². The molecule has 0 radical (unpaired) electrons. The first-order valence-corrected chi connectivity index (χ1v) is 8.19. The number of halogens is 1. The van der Waals surface area contributed by atoms with Crippen LogP contribution in [0.1, 0.15) is 5.69 Å². The van der Waals surface area contributed by atoms with Crippen LogP contribution in [-0.4, -0.2) is 53.6 Å². The first kappa shape index (κ1) is 16.5. The van der Waals surface area contributed by atoms with Gasteiger partial charge in [0.25, 0.3) is 5.91 Å². The van der Waals surface area contributed by atoms with Gasteiger partial charge in [0.2, 0.25) is 0 Å². The van der Waals surface area contributed by atoms with Crippen molar-refractivity contribution in [3.05, 3.63) is 47.4 Å². The van der Waals surface area contributed by atoms with Crippen molar-refractivity contribution in [2.24, 2.45) is 0 Å². The van der Waals surface area contributed by atoms with E-state index in [0.717, 1.165) is 24.6 Å². The number of carbonyl (C=O) groups excluding carboxylic acids is 1. The minimum absolute atomic E-state index is 0.0107. The molecule has 126 valence electrons. The van der Waals surface area contributed by atoms with Crippen molar-refractivity contribution in [1.82, 2.24) is 14.9 Å². The second-order valence-corrected chi connectivity index (χ2v) is 6.06. The first-order chi connectivity index (χ1) is 11.6. The maximum atomic E-state index is 12.3. The van der Waals surface area contributed by atoms with E-state index >= 15 is 0 Å². The highest BCUT2D eigenvalue weighted by molar-refractivity contribution is 6.30. The Hall–Kier alpha value is -2.34. The van der Waals surface area contributed by atoms with Gasteiger partial charge >= 0.3 is 0 Å². The highest BCUT2D eigenvalue weighted by Crippen LogP contribution is 2.16. The van der Waals surface area contributed by atoms with E-state index in [0.29, 0.717) is 23.9 Å². The van der Waals surface area contributed by atoms with Crippen molar-refractivity contribution in [3.8, 4) is 5.75 Å². The van der Waals surface area contributed by atoms with Crippen LogP contribution >= 0.6 is 11.6 Å². The summed E-state index contributed by atoms with van der Waals surface area (Å²) < 4.78 is 5.52. The van der Waals surface area contributed by atoms with Crippen molar-refractivity contribution < 1.29 is 9.53 Å². The molecule has 6 nitrogen and oxygen atoms in total. The molecule has 0 unspecified atom stereocenters. The summed E-state index contributed by atoms with van der Waals surface area (Å²) in [5, 5.41) is 0.643. The Kier molecular flexibility index (Phi) is 5.15. The van der Waals surface area contributed by atoms with Crippen molar-refractivity contribution >= 4 is 23.3 Å². The summed E-state index contributed by atoms with van der Waals surface area (Å²) in [6.45, 7) is 4.80. The fourth-order valence-corrected chi connectivity index (χ4v) is 2.69. The summed E-state index contributed by atoms with van der Waals surface area (Å²) >= 11 is 5.83. The van der Waals surface area contributed by atoms with Crippen molar-refractivity contribution in [1.29, 1.82) is 0 Å². The smallest absolute Gasteiger partial charge is 0.260 e. The van der Waals surface area contributed by atoms with Crippen molar-refractivity contribution in [2.45, 2.75) is 6.92 Å². The molecular weight excluding hydrogens is 328 g/mol. The van der Waals surface area contributed by atoms with E-state index in [2.05, 4.69) is 14.9 Å². The second kappa shape index (κ2) is 7.49. The summed E-state index contributed by atoms with van der Waals surface area (Å²) in [7, 11) is 0. The van der Waals surface area contributed by atoms with Gasteiger partial charge in [-0.3, -0.25) is 4.79 Å². The molecule has 0 saturated carbocycles. The zero-order valence-electron chi connectivity index (χ0n) is 13.5. The molecular formula is C17H19ClN4O2. The molecule has 1 aliphatic heterocycles. The van der Waals surface area contributed by atoms with Crippen LogP contribution in [0.3, 0.4) is 0 Å². The highest BCUT2D eigenvalue weighted by Gasteiger charge is 2.22. The second-order valence-electron chi connectivity index (χ2n) is 5.63. The fraction of sp³-hybridized carbons (Fsp3) is 0.353. The van der Waals surface area contributed by atoms with Crippen LogP contribution in [0.5, 0.6) is 5.75 Å². The van der Waals surface area contributed by atoms with Gasteiger partial charge < -0.3 is 14.5 Å². The van der Waals surface area contributed by atoms with Crippen LogP contribution < -0.4 is 9.64 Å². The van der Waals surface area contributed by atoms with E-state index < -0.39 is 0 Å². The largest absolute Gasteiger partial charge is 0.484 e. The molecule has 0 atom stereocenters. The molecule has 1 aromatic carbocycles. The topological polar surface area (TPSA) is 58.6 Å². The third-order valence-electron chi connectivity index (χ3n) is 3.92. The summed E-state index contributed by atoms with van der Waals surface area (Å²) in [6.07, 6.45) is 1.57. The lowest BCUT2D eigenvalue weighted by Crippen LogP contribution is -2.50. The van der Waals surface area contributed by atoms with Gasteiger partial charge in [-0.25, -0.2) is 9.97 Å². The Morgan fingerprint density at radius 1 is 1.17 bits per heavy atom. The molecule has 0 N–H and O–H groups in total. The lowest BCUT2D eigenvalue weighted by atomic mass is 10.3. The van der Waals surface area contributed by atoms with Crippen LogP contribution in [0.25, 0.3) is 0 Å². The zero-order chi connectivity index (χ0) is 16.9. The van der Waals surface area contributed by atoms with Gasteiger partial charge in [0.05, 0.1) is 0 Å². The van der Waals surface area contributed by atoms with Gasteiger partial charge in [0.15, 0.2) is 6.61 Å². The number of piperazine rings is 1. The number of rotatable bonds is 4. The maximum Gasteiger partial charge on any atom is 0.260 e. The molecule has 3 rings (SSSR count). The number of ether oxygens (including phenoxy) is 1. The quantitative estimate of drug-likeness (QED) is 0.849. The average molecular weight is 347 g/mol. The molecule has 1 fully saturated rings. The number of anilines is 1. The number of hydrogen-bond donors (Lipinski definition) is 0. The van der Waals surface area contributed by atoms with Crippen LogP contribution in [0, 0.1) is 6.92 Å². The number of aromatic nitrogens is 2. The predicted octanol–water partition coefficient (Wildman–Crippen LogP) is 2.17.